The topological polar surface area (TPSA) is 115 Å². The van der Waals surface area contributed by atoms with Gasteiger partial charge < -0.3 is 10.1 Å². The van der Waals surface area contributed by atoms with E-state index in [0.717, 1.165) is 44.5 Å². The Morgan fingerprint density at radius 3 is 2.42 bits per heavy atom. The number of nitrogens with one attached hydrogen (secondary N) is 1. The number of nitrogens with zero attached hydrogens (tertiary/aromatic N) is 2. The van der Waals surface area contributed by atoms with E-state index in [1.165, 1.54) is 38.4 Å². The molecule has 0 unspecified atom stereocenters. The highest BCUT2D eigenvalue weighted by Gasteiger charge is 2.19. The fourth-order valence-electron chi connectivity index (χ4n) is 3.30. The van der Waals surface area contributed by atoms with E-state index in [2.05, 4.69) is 5.32 Å². The number of esters is 1. The third kappa shape index (κ3) is 6.41. The van der Waals surface area contributed by atoms with E-state index in [0.29, 0.717) is 5.56 Å². The Morgan fingerprint density at radius 1 is 1.16 bits per heavy atom. The van der Waals surface area contributed by atoms with Crippen molar-refractivity contribution in [1.29, 1.82) is 0 Å². The standard InChI is InChI=1S/C25H25F2N3O6S2/c1-5-36-24(32)13-23-30(25(33)21(37-23)12-17-18(26)7-6-8-19(17)27)14-22(31)28-20-11-16(10-9-15(20)2)38(34,35)29(3)4/h6-13H,5,14H2,1-4H3,(H,28,31). The molecule has 9 nitrogen and oxygen atoms in total. The molecule has 2 aromatic carbocycles. The van der Waals surface area contributed by atoms with Gasteiger partial charge in [0.2, 0.25) is 15.9 Å². The molecule has 1 heterocycles. The average molecular weight is 566 g/mol. The van der Waals surface area contributed by atoms with Crippen molar-refractivity contribution < 1.29 is 31.5 Å². The Morgan fingerprint density at radius 2 is 1.82 bits per heavy atom. The highest BCUT2D eigenvalue weighted by Crippen LogP contribution is 2.22. The number of anilines is 1. The largest absolute Gasteiger partial charge is 0.463 e. The quantitative estimate of drug-likeness (QED) is 0.415. The van der Waals surface area contributed by atoms with Crippen LogP contribution in [0.3, 0.4) is 0 Å². The molecule has 38 heavy (non-hydrogen) atoms. The van der Waals surface area contributed by atoms with Crippen LogP contribution in [0.1, 0.15) is 18.1 Å². The monoisotopic (exact) mass is 565 g/mol. The van der Waals surface area contributed by atoms with E-state index in [-0.39, 0.29) is 26.4 Å². The van der Waals surface area contributed by atoms with Crippen molar-refractivity contribution in [1.82, 2.24) is 8.87 Å². The number of halogens is 2. The number of sulfonamides is 1. The van der Waals surface area contributed by atoms with Crippen molar-refractivity contribution in [2.75, 3.05) is 26.0 Å². The Balaban J connectivity index is 2.05. The molecule has 1 aromatic heterocycles. The van der Waals surface area contributed by atoms with Gasteiger partial charge in [-0.2, -0.15) is 0 Å². The molecule has 0 aliphatic rings. The van der Waals surface area contributed by atoms with Gasteiger partial charge in [0.1, 0.15) is 22.8 Å². The minimum absolute atomic E-state index is 0.0206. The van der Waals surface area contributed by atoms with Crippen LogP contribution in [0.2, 0.25) is 0 Å². The first-order valence-corrected chi connectivity index (χ1v) is 13.5. The number of ether oxygens (including phenoxy) is 1. The predicted molar refractivity (Wildman–Crippen MR) is 140 cm³/mol. The maximum absolute atomic E-state index is 14.2. The van der Waals surface area contributed by atoms with Gasteiger partial charge in [-0.25, -0.2) is 26.3 Å². The predicted octanol–water partition coefficient (Wildman–Crippen LogP) is 1.56. The Bertz CT molecular complexity index is 1660. The molecule has 0 atom stereocenters. The number of thiazole rings is 1. The van der Waals surface area contributed by atoms with E-state index >= 15 is 0 Å². The molecule has 13 heteroatoms. The summed E-state index contributed by atoms with van der Waals surface area (Å²) in [5.74, 6) is -3.25. The Kier molecular flexibility index (Phi) is 8.97. The number of hydrogen-bond donors (Lipinski definition) is 1. The Hall–Kier alpha value is -3.68. The summed E-state index contributed by atoms with van der Waals surface area (Å²) < 4.78 is 60.1. The number of carbonyl (C=O) groups excluding carboxylic acids is 2. The number of aromatic nitrogens is 1. The molecule has 1 N–H and O–H groups in total. The fraction of sp³-hybridized carbons (Fsp3) is 0.240. The van der Waals surface area contributed by atoms with Gasteiger partial charge >= 0.3 is 5.97 Å². The van der Waals surface area contributed by atoms with Crippen LogP contribution >= 0.6 is 11.3 Å². The van der Waals surface area contributed by atoms with Gasteiger partial charge in [-0.3, -0.25) is 14.2 Å². The van der Waals surface area contributed by atoms with Crippen molar-refractivity contribution in [3.05, 3.63) is 78.7 Å². The summed E-state index contributed by atoms with van der Waals surface area (Å²) in [5, 5.41) is 2.58. The van der Waals surface area contributed by atoms with Crippen LogP contribution in [0.25, 0.3) is 12.2 Å². The molecular formula is C25H25F2N3O6S2. The van der Waals surface area contributed by atoms with Crippen LogP contribution in [0, 0.1) is 18.6 Å². The highest BCUT2D eigenvalue weighted by atomic mass is 32.2. The second-order valence-electron chi connectivity index (χ2n) is 8.18. The molecule has 0 aliphatic heterocycles. The van der Waals surface area contributed by atoms with E-state index in [1.807, 2.05) is 0 Å². The van der Waals surface area contributed by atoms with Crippen LogP contribution in [0.5, 0.6) is 0 Å². The lowest BCUT2D eigenvalue weighted by molar-refractivity contribution is -0.135. The molecule has 0 aliphatic carbocycles. The molecular weight excluding hydrogens is 540 g/mol. The normalized spacial score (nSPS) is 12.7. The summed E-state index contributed by atoms with van der Waals surface area (Å²) in [7, 11) is -1.02. The number of hydrogen-bond acceptors (Lipinski definition) is 7. The van der Waals surface area contributed by atoms with Crippen LogP contribution in [0.15, 0.2) is 46.1 Å². The van der Waals surface area contributed by atoms with Gasteiger partial charge in [-0.15, -0.1) is 11.3 Å². The number of rotatable bonds is 8. The van der Waals surface area contributed by atoms with Gasteiger partial charge in [0.05, 0.1) is 22.1 Å². The lowest BCUT2D eigenvalue weighted by Crippen LogP contribution is -2.36. The number of benzene rings is 2. The molecule has 0 saturated carbocycles. The third-order valence-corrected chi connectivity index (χ3v) is 8.17. The van der Waals surface area contributed by atoms with Crippen LogP contribution in [0.4, 0.5) is 14.5 Å². The van der Waals surface area contributed by atoms with E-state index in [9.17, 15) is 31.6 Å². The van der Waals surface area contributed by atoms with Crippen molar-refractivity contribution >= 4 is 51.1 Å². The van der Waals surface area contributed by atoms with Crippen molar-refractivity contribution in [3.8, 4) is 0 Å². The van der Waals surface area contributed by atoms with E-state index < -0.39 is 51.2 Å². The maximum atomic E-state index is 14.2. The van der Waals surface area contributed by atoms with Gasteiger partial charge in [0.15, 0.2) is 0 Å². The molecule has 202 valence electrons. The lowest BCUT2D eigenvalue weighted by Gasteiger charge is -2.14. The molecule has 0 bridgehead atoms. The second kappa shape index (κ2) is 11.8. The smallest absolute Gasteiger partial charge is 0.333 e. The third-order valence-electron chi connectivity index (χ3n) is 5.30. The summed E-state index contributed by atoms with van der Waals surface area (Å²) in [4.78, 5) is 38.1. The van der Waals surface area contributed by atoms with Crippen LogP contribution in [-0.2, 0) is 30.9 Å². The molecule has 0 radical (unpaired) electrons. The maximum Gasteiger partial charge on any atom is 0.333 e. The lowest BCUT2D eigenvalue weighted by atomic mass is 10.2. The van der Waals surface area contributed by atoms with Crippen molar-refractivity contribution in [2.24, 2.45) is 0 Å². The zero-order chi connectivity index (χ0) is 28.2. The second-order valence-corrected chi connectivity index (χ2v) is 11.4. The number of carbonyl (C=O) groups is 2. The minimum Gasteiger partial charge on any atom is -0.463 e. The zero-order valence-corrected chi connectivity index (χ0v) is 22.6. The van der Waals surface area contributed by atoms with Gasteiger partial charge in [-0.1, -0.05) is 12.1 Å². The van der Waals surface area contributed by atoms with Crippen molar-refractivity contribution in [2.45, 2.75) is 25.3 Å². The van der Waals surface area contributed by atoms with Gasteiger partial charge in [0, 0.05) is 25.3 Å². The van der Waals surface area contributed by atoms with E-state index in [4.69, 9.17) is 4.74 Å². The van der Waals surface area contributed by atoms with Crippen molar-refractivity contribution in [3.63, 3.8) is 0 Å². The average Bonchev–Trinajstić information content (AvgIpc) is 3.11. The summed E-state index contributed by atoms with van der Waals surface area (Å²) in [6.07, 6.45) is 2.02. The first kappa shape index (κ1) is 28.9. The summed E-state index contributed by atoms with van der Waals surface area (Å²) in [6.45, 7) is 2.75. The van der Waals surface area contributed by atoms with Gasteiger partial charge in [-0.05, 0) is 49.8 Å². The fourth-order valence-corrected chi connectivity index (χ4v) is 5.24. The molecule has 0 fully saturated rings. The first-order valence-electron chi connectivity index (χ1n) is 11.2. The van der Waals surface area contributed by atoms with Gasteiger partial charge in [0.25, 0.3) is 5.56 Å². The molecule has 0 spiro atoms. The minimum atomic E-state index is -3.77. The first-order chi connectivity index (χ1) is 17.8. The Labute approximate surface area is 221 Å². The molecule has 1 amide bonds. The summed E-state index contributed by atoms with van der Waals surface area (Å²) >= 11 is 0.753. The number of amides is 1. The zero-order valence-electron chi connectivity index (χ0n) is 20.9. The van der Waals surface area contributed by atoms with Crippen LogP contribution < -0.4 is 20.1 Å². The molecule has 3 aromatic rings. The van der Waals surface area contributed by atoms with E-state index in [1.54, 1.807) is 13.8 Å². The summed E-state index contributed by atoms with van der Waals surface area (Å²) in [5.41, 5.74) is -0.433. The summed E-state index contributed by atoms with van der Waals surface area (Å²) in [6, 6.07) is 7.48. The molecule has 0 saturated heterocycles. The SMILES string of the molecule is CCOC(=O)C=c1sc(=Cc2c(F)cccc2F)c(=O)n1CC(=O)Nc1cc(S(=O)(=O)N(C)C)ccc1C. The van der Waals surface area contributed by atoms with Crippen LogP contribution in [-0.4, -0.2) is 49.9 Å². The highest BCUT2D eigenvalue weighted by molar-refractivity contribution is 7.89. The number of aryl methyl sites for hydroxylation is 1. The molecule has 3 rings (SSSR count).